The third kappa shape index (κ3) is 6.95. The molecule has 2 heterocycles. The Kier molecular flexibility index (Phi) is 8.77. The zero-order chi connectivity index (χ0) is 27.2. The lowest BCUT2D eigenvalue weighted by Crippen LogP contribution is -2.49. The molecule has 0 aliphatic carbocycles. The van der Waals surface area contributed by atoms with E-state index < -0.39 is 6.10 Å². The zero-order valence-corrected chi connectivity index (χ0v) is 23.3. The first-order chi connectivity index (χ1) is 19.0. The highest BCUT2D eigenvalue weighted by molar-refractivity contribution is 6.30. The van der Waals surface area contributed by atoms with Crippen LogP contribution in [-0.2, 0) is 6.42 Å². The first-order valence-corrected chi connectivity index (χ1v) is 13.9. The number of rotatable bonds is 9. The number of halogens is 1. The Hall–Kier alpha value is -3.45. The number of anilines is 1. The van der Waals surface area contributed by atoms with Crippen molar-refractivity contribution in [1.29, 1.82) is 0 Å². The molecule has 4 aromatic rings. The summed E-state index contributed by atoms with van der Waals surface area (Å²) in [6.07, 6.45) is 0.159. The molecule has 7 heteroatoms. The third-order valence-corrected chi connectivity index (χ3v) is 7.39. The van der Waals surface area contributed by atoms with Crippen LogP contribution in [-0.4, -0.2) is 65.4 Å². The van der Waals surface area contributed by atoms with Crippen molar-refractivity contribution in [3.63, 3.8) is 0 Å². The Balaban J connectivity index is 1.30. The number of aliphatic hydroxyl groups is 1. The van der Waals surface area contributed by atoms with Gasteiger partial charge < -0.3 is 14.7 Å². The second-order valence-corrected chi connectivity index (χ2v) is 10.6. The summed E-state index contributed by atoms with van der Waals surface area (Å²) in [5.41, 5.74) is 5.31. The Morgan fingerprint density at radius 1 is 0.897 bits per heavy atom. The molecule has 0 amide bonds. The van der Waals surface area contributed by atoms with Crippen molar-refractivity contribution in [3.8, 4) is 17.1 Å². The number of aryl methyl sites for hydroxylation is 2. The number of para-hydroxylation sites is 1. The fraction of sp³-hybridized carbons (Fsp3) is 0.312. The van der Waals surface area contributed by atoms with E-state index in [2.05, 4.69) is 22.8 Å². The summed E-state index contributed by atoms with van der Waals surface area (Å²) in [4.78, 5) is 14.6. The van der Waals surface area contributed by atoms with Crippen molar-refractivity contribution < 1.29 is 9.84 Å². The molecule has 0 spiro atoms. The van der Waals surface area contributed by atoms with Crippen molar-refractivity contribution in [3.05, 3.63) is 106 Å². The molecule has 39 heavy (non-hydrogen) atoms. The summed E-state index contributed by atoms with van der Waals surface area (Å²) in [7, 11) is 0. The quantitative estimate of drug-likeness (QED) is 0.298. The van der Waals surface area contributed by atoms with Crippen LogP contribution in [0.2, 0.25) is 5.02 Å². The van der Waals surface area contributed by atoms with Crippen LogP contribution in [0.15, 0.2) is 78.9 Å². The molecule has 0 bridgehead atoms. The van der Waals surface area contributed by atoms with E-state index >= 15 is 0 Å². The SMILES string of the molecule is Cc1ccccc1OCC(O)CN1CCN(c2nc(-c3ccccc3)nc(C)c2Cc2cccc(Cl)c2)CC1. The van der Waals surface area contributed by atoms with E-state index in [4.69, 9.17) is 26.3 Å². The van der Waals surface area contributed by atoms with Crippen LogP contribution in [0.3, 0.4) is 0 Å². The van der Waals surface area contributed by atoms with E-state index in [-0.39, 0.29) is 6.61 Å². The van der Waals surface area contributed by atoms with Gasteiger partial charge in [-0.1, -0.05) is 72.3 Å². The number of piperazine rings is 1. The molecule has 1 aliphatic heterocycles. The maximum absolute atomic E-state index is 10.7. The minimum atomic E-state index is -0.555. The average molecular weight is 543 g/mol. The minimum Gasteiger partial charge on any atom is -0.491 e. The molecule has 1 atom stereocenters. The number of benzene rings is 3. The van der Waals surface area contributed by atoms with Crippen LogP contribution >= 0.6 is 11.6 Å². The van der Waals surface area contributed by atoms with Crippen molar-refractivity contribution in [2.45, 2.75) is 26.4 Å². The smallest absolute Gasteiger partial charge is 0.161 e. The molecule has 1 aromatic heterocycles. The van der Waals surface area contributed by atoms with Crippen LogP contribution in [0.1, 0.15) is 22.4 Å². The standard InChI is InChI=1S/C32H35ClN4O2/c1-23-9-6-7-14-30(23)39-22-28(38)21-36-15-17-37(18-16-36)32-29(20-25-10-8-13-27(33)19-25)24(2)34-31(35-32)26-11-4-3-5-12-26/h3-14,19,28,38H,15-18,20-22H2,1-2H3. The zero-order valence-electron chi connectivity index (χ0n) is 22.6. The average Bonchev–Trinajstić information content (AvgIpc) is 2.94. The summed E-state index contributed by atoms with van der Waals surface area (Å²) < 4.78 is 5.87. The molecule has 1 fully saturated rings. The molecule has 1 unspecified atom stereocenters. The van der Waals surface area contributed by atoms with Gasteiger partial charge >= 0.3 is 0 Å². The summed E-state index contributed by atoms with van der Waals surface area (Å²) in [6, 6.07) is 26.0. The highest BCUT2D eigenvalue weighted by Crippen LogP contribution is 2.29. The number of ether oxygens (including phenoxy) is 1. The van der Waals surface area contributed by atoms with Gasteiger partial charge in [0.25, 0.3) is 0 Å². The van der Waals surface area contributed by atoms with Gasteiger partial charge in [-0.25, -0.2) is 9.97 Å². The lowest BCUT2D eigenvalue weighted by molar-refractivity contribution is 0.0660. The van der Waals surface area contributed by atoms with Gasteiger partial charge in [0.15, 0.2) is 5.82 Å². The van der Waals surface area contributed by atoms with Gasteiger partial charge in [0.05, 0.1) is 0 Å². The molecule has 1 N–H and O–H groups in total. The second kappa shape index (κ2) is 12.6. The van der Waals surface area contributed by atoms with Crippen molar-refractivity contribution in [2.75, 3.05) is 44.2 Å². The minimum absolute atomic E-state index is 0.278. The van der Waals surface area contributed by atoms with Crippen LogP contribution < -0.4 is 9.64 Å². The Morgan fingerprint density at radius 2 is 1.64 bits per heavy atom. The molecule has 0 saturated carbocycles. The number of aliphatic hydroxyl groups excluding tert-OH is 1. The second-order valence-electron chi connectivity index (χ2n) is 10.1. The number of nitrogens with zero attached hydrogens (tertiary/aromatic N) is 4. The van der Waals surface area contributed by atoms with E-state index in [1.54, 1.807) is 0 Å². The van der Waals surface area contributed by atoms with Gasteiger partial charge in [0.2, 0.25) is 0 Å². The van der Waals surface area contributed by atoms with Gasteiger partial charge in [0, 0.05) is 61.0 Å². The first kappa shape index (κ1) is 27.1. The van der Waals surface area contributed by atoms with Crippen molar-refractivity contribution in [1.82, 2.24) is 14.9 Å². The number of β-amino-alcohol motifs (C(OH)–C–C–N with tert-alkyl or cyclic N) is 1. The maximum atomic E-state index is 10.7. The predicted octanol–water partition coefficient (Wildman–Crippen LogP) is 5.57. The fourth-order valence-corrected chi connectivity index (χ4v) is 5.23. The number of hydrogen-bond donors (Lipinski definition) is 1. The lowest BCUT2D eigenvalue weighted by atomic mass is 10.0. The number of aromatic nitrogens is 2. The van der Waals surface area contributed by atoms with E-state index in [1.165, 1.54) is 0 Å². The molecule has 0 radical (unpaired) electrons. The molecular formula is C32H35ClN4O2. The molecule has 6 nitrogen and oxygen atoms in total. The normalized spacial score (nSPS) is 14.8. The fourth-order valence-electron chi connectivity index (χ4n) is 5.01. The third-order valence-electron chi connectivity index (χ3n) is 7.16. The summed E-state index contributed by atoms with van der Waals surface area (Å²) in [5.74, 6) is 2.54. The van der Waals surface area contributed by atoms with Gasteiger partial charge in [0.1, 0.15) is 24.3 Å². The van der Waals surface area contributed by atoms with Gasteiger partial charge in [-0.3, -0.25) is 4.90 Å². The Morgan fingerprint density at radius 3 is 2.38 bits per heavy atom. The largest absolute Gasteiger partial charge is 0.491 e. The van der Waals surface area contributed by atoms with Gasteiger partial charge in [-0.2, -0.15) is 0 Å². The van der Waals surface area contributed by atoms with Crippen LogP contribution in [0.25, 0.3) is 11.4 Å². The predicted molar refractivity (Wildman–Crippen MR) is 158 cm³/mol. The summed E-state index contributed by atoms with van der Waals surface area (Å²) in [6.45, 7) is 8.24. The highest BCUT2D eigenvalue weighted by atomic mass is 35.5. The Bertz CT molecular complexity index is 1390. The van der Waals surface area contributed by atoms with Crippen LogP contribution in [0.5, 0.6) is 5.75 Å². The number of hydrogen-bond acceptors (Lipinski definition) is 6. The monoisotopic (exact) mass is 542 g/mol. The summed E-state index contributed by atoms with van der Waals surface area (Å²) >= 11 is 6.29. The molecule has 3 aromatic carbocycles. The highest BCUT2D eigenvalue weighted by Gasteiger charge is 2.24. The van der Waals surface area contributed by atoms with Crippen molar-refractivity contribution in [2.24, 2.45) is 0 Å². The molecule has 5 rings (SSSR count). The van der Waals surface area contributed by atoms with E-state index in [9.17, 15) is 5.11 Å². The van der Waals surface area contributed by atoms with Crippen LogP contribution in [0.4, 0.5) is 5.82 Å². The van der Waals surface area contributed by atoms with Gasteiger partial charge in [-0.15, -0.1) is 0 Å². The lowest BCUT2D eigenvalue weighted by Gasteiger charge is -2.37. The topological polar surface area (TPSA) is 61.7 Å². The van der Waals surface area contributed by atoms with E-state index in [1.807, 2.05) is 79.7 Å². The van der Waals surface area contributed by atoms with Gasteiger partial charge in [-0.05, 0) is 43.2 Å². The maximum Gasteiger partial charge on any atom is 0.161 e. The molecule has 1 aliphatic rings. The molecular weight excluding hydrogens is 508 g/mol. The molecule has 202 valence electrons. The summed E-state index contributed by atoms with van der Waals surface area (Å²) in [5, 5.41) is 11.4. The van der Waals surface area contributed by atoms with E-state index in [0.717, 1.165) is 76.5 Å². The first-order valence-electron chi connectivity index (χ1n) is 13.5. The molecule has 1 saturated heterocycles. The Labute approximate surface area is 235 Å². The van der Waals surface area contributed by atoms with Crippen LogP contribution in [0, 0.1) is 13.8 Å². The van der Waals surface area contributed by atoms with E-state index in [0.29, 0.717) is 13.0 Å². The van der Waals surface area contributed by atoms with Crippen molar-refractivity contribution >= 4 is 17.4 Å².